The highest BCUT2D eigenvalue weighted by Gasteiger charge is 1.90. The van der Waals surface area contributed by atoms with Crippen LogP contribution in [0.2, 0.25) is 0 Å². The fraction of sp³-hybridized carbons (Fsp3) is 0.667. The number of unbranched alkanes of at least 4 members (excludes halogenated alkanes) is 2. The molecule has 0 spiro atoms. The third kappa shape index (κ3) is 8.54. The quantitative estimate of drug-likeness (QED) is 0.357. The molecule has 0 aliphatic heterocycles. The largest absolute Gasteiger partial charge is 0.259 e. The van der Waals surface area contributed by atoms with Gasteiger partial charge in [0.05, 0.1) is 0 Å². The van der Waals surface area contributed by atoms with Gasteiger partial charge in [-0.2, -0.15) is 0 Å². The van der Waals surface area contributed by atoms with E-state index in [1.165, 1.54) is 12.8 Å². The summed E-state index contributed by atoms with van der Waals surface area (Å²) in [4.78, 5) is 0. The van der Waals surface area contributed by atoms with Crippen LogP contribution in [-0.4, -0.2) is 7.42 Å². The summed E-state index contributed by atoms with van der Waals surface area (Å²) in [5.41, 5.74) is 1.94. The molecule has 3 heteroatoms. The molecule has 0 N–H and O–H groups in total. The van der Waals surface area contributed by atoms with Crippen molar-refractivity contribution in [2.45, 2.75) is 26.2 Å². The van der Waals surface area contributed by atoms with Crippen molar-refractivity contribution in [2.75, 3.05) is 0 Å². The van der Waals surface area contributed by atoms with E-state index in [2.05, 4.69) is 13.0 Å². The zero-order valence-corrected chi connectivity index (χ0v) is 8.28. The van der Waals surface area contributed by atoms with Crippen molar-refractivity contribution >= 4 is 29.6 Å². The van der Waals surface area contributed by atoms with Gasteiger partial charge in [0.2, 0.25) is 0 Å². The van der Waals surface area contributed by atoms with Crippen molar-refractivity contribution < 1.29 is 0 Å². The molecule has 0 aromatic heterocycles. The second kappa shape index (κ2) is 6.65. The topological polar surface area (TPSA) is 0 Å². The Morgan fingerprint density at radius 1 is 1.44 bits per heavy atom. The van der Waals surface area contributed by atoms with Gasteiger partial charge in [0.25, 0.3) is 7.42 Å². The average molecular weight is 183 g/mol. The zero-order valence-electron chi connectivity index (χ0n) is 5.61. The van der Waals surface area contributed by atoms with Crippen LogP contribution in [0.5, 0.6) is 0 Å². The summed E-state index contributed by atoms with van der Waals surface area (Å²) in [6.07, 6.45) is 5.69. The van der Waals surface area contributed by atoms with Crippen LogP contribution in [0.1, 0.15) is 26.2 Å². The first-order chi connectivity index (χ1) is 4.27. The van der Waals surface area contributed by atoms with Crippen LogP contribution in [0.25, 0.3) is 0 Å². The van der Waals surface area contributed by atoms with Crippen molar-refractivity contribution in [2.24, 2.45) is 0 Å². The molecule has 0 saturated heterocycles. The number of allylic oxidation sites excluding steroid dienone is 1. The lowest BCUT2D eigenvalue weighted by Gasteiger charge is -1.87. The minimum Gasteiger partial charge on any atom is -0.145 e. The molecule has 0 aliphatic carbocycles. The van der Waals surface area contributed by atoms with Gasteiger partial charge in [0.15, 0.2) is 0 Å². The van der Waals surface area contributed by atoms with Crippen molar-refractivity contribution in [3.63, 3.8) is 0 Å². The molecule has 0 unspecified atom stereocenters. The fourth-order valence-corrected chi connectivity index (χ4v) is 1.54. The van der Waals surface area contributed by atoms with E-state index >= 15 is 0 Å². The van der Waals surface area contributed by atoms with Gasteiger partial charge in [-0.05, 0) is 6.42 Å². The van der Waals surface area contributed by atoms with Gasteiger partial charge in [-0.15, -0.1) is 22.2 Å². The minimum absolute atomic E-state index is 1.12. The van der Waals surface area contributed by atoms with Gasteiger partial charge in [-0.25, -0.2) is 0 Å². The maximum atomic E-state index is 5.57. The van der Waals surface area contributed by atoms with Gasteiger partial charge in [0, 0.05) is 0 Å². The number of hydrogen-bond acceptors (Lipinski definition) is 0. The Labute approximate surface area is 67.9 Å². The SMILES string of the molecule is CCCCC=C[SiH](Cl)Cl. The molecule has 0 rings (SSSR count). The van der Waals surface area contributed by atoms with E-state index in [-0.39, 0.29) is 0 Å². The van der Waals surface area contributed by atoms with Crippen LogP contribution >= 0.6 is 22.2 Å². The highest BCUT2D eigenvalue weighted by atomic mass is 35.7. The summed E-state index contributed by atoms with van der Waals surface area (Å²) in [7, 11) is -1.45. The molecule has 0 fully saturated rings. The Morgan fingerprint density at radius 3 is 2.56 bits per heavy atom. The number of hydrogen-bond donors (Lipinski definition) is 0. The van der Waals surface area contributed by atoms with Crippen LogP contribution in [0, 0.1) is 0 Å². The van der Waals surface area contributed by atoms with Crippen LogP contribution in [-0.2, 0) is 0 Å². The third-order valence-electron chi connectivity index (χ3n) is 1.01. The number of halogens is 2. The van der Waals surface area contributed by atoms with Crippen LogP contribution in [0.15, 0.2) is 11.8 Å². The van der Waals surface area contributed by atoms with Gasteiger partial charge in [-0.3, -0.25) is 0 Å². The normalized spacial score (nSPS) is 11.6. The average Bonchev–Trinajstić information content (AvgIpc) is 1.80. The molecule has 0 aromatic rings. The third-order valence-corrected chi connectivity index (χ3v) is 2.44. The molecule has 0 bridgehead atoms. The molecule has 9 heavy (non-hydrogen) atoms. The molecule has 54 valence electrons. The van der Waals surface area contributed by atoms with Gasteiger partial charge >= 0.3 is 0 Å². The predicted molar refractivity (Wildman–Crippen MR) is 47.5 cm³/mol. The van der Waals surface area contributed by atoms with E-state index < -0.39 is 7.42 Å². The second-order valence-electron chi connectivity index (χ2n) is 1.90. The van der Waals surface area contributed by atoms with E-state index in [9.17, 15) is 0 Å². The molecule has 0 radical (unpaired) electrons. The summed E-state index contributed by atoms with van der Waals surface area (Å²) in [5, 5.41) is 0. The first kappa shape index (κ1) is 9.54. The molecule has 0 amide bonds. The standard InChI is InChI=1S/C6H12Cl2Si/c1-2-3-4-5-6-9(7)8/h5-6,9H,2-4H2,1H3. The molecule has 0 nitrogen and oxygen atoms in total. The summed E-state index contributed by atoms with van der Waals surface area (Å²) in [6, 6.07) is 0. The zero-order chi connectivity index (χ0) is 7.11. The van der Waals surface area contributed by atoms with E-state index in [4.69, 9.17) is 22.2 Å². The number of rotatable bonds is 4. The molecule has 0 atom stereocenters. The van der Waals surface area contributed by atoms with Crippen molar-refractivity contribution in [3.8, 4) is 0 Å². The highest BCUT2D eigenvalue weighted by molar-refractivity contribution is 7.36. The Morgan fingerprint density at radius 2 is 2.11 bits per heavy atom. The predicted octanol–water partition coefficient (Wildman–Crippen LogP) is 2.97. The van der Waals surface area contributed by atoms with Crippen LogP contribution in [0.4, 0.5) is 0 Å². The summed E-state index contributed by atoms with van der Waals surface area (Å²) in [5.74, 6) is 0. The lowest BCUT2D eigenvalue weighted by atomic mass is 10.2. The Balaban J connectivity index is 3.04. The lowest BCUT2D eigenvalue weighted by molar-refractivity contribution is 0.815. The van der Waals surface area contributed by atoms with Crippen LogP contribution in [0.3, 0.4) is 0 Å². The maximum absolute atomic E-state index is 5.57. The minimum atomic E-state index is -1.45. The molecule has 0 aliphatic rings. The Kier molecular flexibility index (Phi) is 7.05. The second-order valence-corrected chi connectivity index (χ2v) is 6.45. The first-order valence-corrected chi connectivity index (χ1v) is 7.38. The van der Waals surface area contributed by atoms with E-state index in [0.29, 0.717) is 0 Å². The van der Waals surface area contributed by atoms with Crippen molar-refractivity contribution in [1.82, 2.24) is 0 Å². The van der Waals surface area contributed by atoms with Crippen molar-refractivity contribution in [1.29, 1.82) is 0 Å². The van der Waals surface area contributed by atoms with Crippen LogP contribution < -0.4 is 0 Å². The van der Waals surface area contributed by atoms with Gasteiger partial charge < -0.3 is 0 Å². The fourth-order valence-electron chi connectivity index (χ4n) is 0.521. The molecule has 0 heterocycles. The summed E-state index contributed by atoms with van der Waals surface area (Å²) < 4.78 is 0. The van der Waals surface area contributed by atoms with Gasteiger partial charge in [0.1, 0.15) is 0 Å². The molecular formula is C6H12Cl2Si. The van der Waals surface area contributed by atoms with E-state index in [1.807, 2.05) is 5.70 Å². The molecule has 0 aromatic carbocycles. The summed E-state index contributed by atoms with van der Waals surface area (Å²) >= 11 is 11.1. The Bertz CT molecular complexity index is 81.1. The lowest BCUT2D eigenvalue weighted by Crippen LogP contribution is -1.82. The van der Waals surface area contributed by atoms with Gasteiger partial charge in [-0.1, -0.05) is 31.5 Å². The highest BCUT2D eigenvalue weighted by Crippen LogP contribution is 2.00. The monoisotopic (exact) mass is 182 g/mol. The van der Waals surface area contributed by atoms with E-state index in [1.54, 1.807) is 0 Å². The smallest absolute Gasteiger partial charge is 0.145 e. The molecule has 0 saturated carbocycles. The maximum Gasteiger partial charge on any atom is 0.259 e. The van der Waals surface area contributed by atoms with Crippen molar-refractivity contribution in [3.05, 3.63) is 11.8 Å². The first-order valence-electron chi connectivity index (χ1n) is 3.22. The Hall–Kier alpha value is 0.537. The summed E-state index contributed by atoms with van der Waals surface area (Å²) in [6.45, 7) is 2.17. The molecular weight excluding hydrogens is 171 g/mol. The van der Waals surface area contributed by atoms with E-state index in [0.717, 1.165) is 6.42 Å².